The molecule has 2 aromatic heterocycles. The molecule has 5 aromatic carbocycles. The first-order valence-electron chi connectivity index (χ1n) is 16.0. The molecule has 4 nitrogen and oxygen atoms in total. The highest BCUT2D eigenvalue weighted by Gasteiger charge is 2.32. The summed E-state index contributed by atoms with van der Waals surface area (Å²) in [7, 11) is 2.13. The first kappa shape index (κ1) is 29.3. The molecular weight excluding hydrogens is 562 g/mol. The van der Waals surface area contributed by atoms with Crippen molar-refractivity contribution in [3.63, 3.8) is 0 Å². The van der Waals surface area contributed by atoms with Crippen molar-refractivity contribution < 1.29 is 8.98 Å². The van der Waals surface area contributed by atoms with Crippen LogP contribution in [0.2, 0.25) is 0 Å². The Bertz CT molecular complexity index is 2250. The summed E-state index contributed by atoms with van der Waals surface area (Å²) in [5.74, 6) is 1.58. The zero-order chi connectivity index (χ0) is 32.1. The Labute approximate surface area is 270 Å². The van der Waals surface area contributed by atoms with Crippen LogP contribution in [0.15, 0.2) is 114 Å². The van der Waals surface area contributed by atoms with Gasteiger partial charge < -0.3 is 4.42 Å². The second-order valence-corrected chi connectivity index (χ2v) is 12.9. The molecule has 0 aliphatic rings. The lowest BCUT2D eigenvalue weighted by Gasteiger charge is -2.21. The van der Waals surface area contributed by atoms with E-state index in [1.807, 2.05) is 18.2 Å². The van der Waals surface area contributed by atoms with E-state index in [-0.39, 0.29) is 11.8 Å². The van der Waals surface area contributed by atoms with Gasteiger partial charge in [0.1, 0.15) is 11.3 Å². The number of benzene rings is 5. The van der Waals surface area contributed by atoms with Gasteiger partial charge in [0, 0.05) is 22.6 Å². The molecule has 0 aliphatic carbocycles. The number of hydrogen-bond acceptors (Lipinski definition) is 2. The number of imidazole rings is 1. The monoisotopic (exact) mass is 600 g/mol. The third-order valence-corrected chi connectivity index (χ3v) is 9.34. The van der Waals surface area contributed by atoms with Crippen molar-refractivity contribution in [1.82, 2.24) is 4.57 Å². The average molecular weight is 601 g/mol. The summed E-state index contributed by atoms with van der Waals surface area (Å²) in [4.78, 5) is 0. The Hall–Kier alpha value is -5.40. The van der Waals surface area contributed by atoms with Crippen LogP contribution in [0.3, 0.4) is 0 Å². The summed E-state index contributed by atoms with van der Waals surface area (Å²) in [6, 6.07) is 38.9. The minimum atomic E-state index is 0.253. The Morgan fingerprint density at radius 3 is 1.98 bits per heavy atom. The maximum absolute atomic E-state index is 9.95. The van der Waals surface area contributed by atoms with Gasteiger partial charge in [-0.1, -0.05) is 82.3 Å². The molecule has 0 fully saturated rings. The van der Waals surface area contributed by atoms with Gasteiger partial charge in [0.15, 0.2) is 11.0 Å². The van der Waals surface area contributed by atoms with Crippen molar-refractivity contribution in [3.8, 4) is 45.4 Å². The number of rotatable bonds is 6. The lowest BCUT2D eigenvalue weighted by molar-refractivity contribution is -0.633. The maximum atomic E-state index is 9.95. The number of aryl methyl sites for hydroxylation is 2. The van der Waals surface area contributed by atoms with Crippen LogP contribution in [0.1, 0.15) is 61.8 Å². The molecule has 7 rings (SSSR count). The van der Waals surface area contributed by atoms with Gasteiger partial charge >= 0.3 is 0 Å². The van der Waals surface area contributed by atoms with Crippen LogP contribution >= 0.6 is 0 Å². The minimum Gasteiger partial charge on any atom is -0.464 e. The zero-order valence-corrected chi connectivity index (χ0v) is 27.3. The summed E-state index contributed by atoms with van der Waals surface area (Å²) in [5, 5.41) is 11.1. The molecule has 2 heterocycles. The van der Waals surface area contributed by atoms with E-state index < -0.39 is 0 Å². The quantitative estimate of drug-likeness (QED) is 0.178. The molecule has 0 aliphatic heterocycles. The Kier molecular flexibility index (Phi) is 7.34. The van der Waals surface area contributed by atoms with Gasteiger partial charge in [0.2, 0.25) is 0 Å². The molecule has 4 heteroatoms. The molecule has 0 atom stereocenters. The first-order valence-corrected chi connectivity index (χ1v) is 16.0. The van der Waals surface area contributed by atoms with E-state index in [2.05, 4.69) is 142 Å². The molecule has 0 radical (unpaired) electrons. The fraction of sp³-hybridized carbons (Fsp3) is 0.190. The van der Waals surface area contributed by atoms with Crippen LogP contribution in [-0.4, -0.2) is 4.57 Å². The first-order chi connectivity index (χ1) is 22.3. The van der Waals surface area contributed by atoms with Crippen LogP contribution in [0.5, 0.6) is 0 Å². The van der Waals surface area contributed by atoms with E-state index in [0.717, 1.165) is 33.4 Å². The van der Waals surface area contributed by atoms with Crippen molar-refractivity contribution in [2.24, 2.45) is 7.05 Å². The van der Waals surface area contributed by atoms with E-state index in [0.29, 0.717) is 5.56 Å². The number of hydrogen-bond donors (Lipinski definition) is 0. The summed E-state index contributed by atoms with van der Waals surface area (Å²) in [6.45, 7) is 11.3. The van der Waals surface area contributed by atoms with Gasteiger partial charge in [-0.25, -0.2) is 4.57 Å². The Morgan fingerprint density at radius 1 is 0.717 bits per heavy atom. The standard InChI is InChI=1S/C42H38N3O/c1-26(2)36-23-33(32-15-13-31(14-16-32)30-10-8-7-9-11-30)24-37(27(3)4)41(36)45-39-22-29(25-43)12-18-38(39)44(6)42(45)35-17-19-40-34(28(35)5)20-21-46-40/h7-24,26-27H,1-6H3/q+1. The number of nitriles is 1. The third-order valence-electron chi connectivity index (χ3n) is 9.34. The SMILES string of the molecule is Cc1c(-c2n(-c3c(C(C)C)cc(-c4ccc(-c5ccccc5)cc4)cc3C(C)C)c3cc(C#N)ccc3[n+]2C)ccc2occc12. The largest absolute Gasteiger partial charge is 0.464 e. The number of fused-ring (bicyclic) bond motifs is 2. The van der Waals surface area contributed by atoms with Gasteiger partial charge in [-0.2, -0.15) is 9.83 Å². The van der Waals surface area contributed by atoms with Crippen molar-refractivity contribution >= 4 is 22.0 Å². The summed E-state index contributed by atoms with van der Waals surface area (Å²) >= 11 is 0. The summed E-state index contributed by atoms with van der Waals surface area (Å²) < 4.78 is 10.5. The summed E-state index contributed by atoms with van der Waals surface area (Å²) in [5.41, 5.74) is 14.5. The lowest BCUT2D eigenvalue weighted by Crippen LogP contribution is -2.30. The smallest absolute Gasteiger partial charge is 0.295 e. The van der Waals surface area contributed by atoms with Crippen molar-refractivity contribution in [1.29, 1.82) is 5.26 Å². The van der Waals surface area contributed by atoms with Crippen LogP contribution in [0.25, 0.3) is 61.3 Å². The van der Waals surface area contributed by atoms with E-state index in [4.69, 9.17) is 4.42 Å². The fourth-order valence-electron chi connectivity index (χ4n) is 6.86. The molecule has 0 N–H and O–H groups in total. The molecule has 7 aromatic rings. The van der Waals surface area contributed by atoms with Crippen molar-refractivity contribution in [3.05, 3.63) is 132 Å². The minimum absolute atomic E-state index is 0.253. The highest BCUT2D eigenvalue weighted by atomic mass is 16.3. The fourth-order valence-corrected chi connectivity index (χ4v) is 6.86. The molecule has 0 spiro atoms. The molecule has 0 saturated heterocycles. The number of furan rings is 1. The normalized spacial score (nSPS) is 11.6. The van der Waals surface area contributed by atoms with Crippen LogP contribution in [0.4, 0.5) is 0 Å². The molecular formula is C42H38N3O+. The highest BCUT2D eigenvalue weighted by molar-refractivity contribution is 5.89. The number of aromatic nitrogens is 2. The van der Waals surface area contributed by atoms with Gasteiger partial charge in [-0.05, 0) is 89.0 Å². The Balaban J connectivity index is 1.52. The van der Waals surface area contributed by atoms with E-state index in [9.17, 15) is 5.26 Å². The predicted octanol–water partition coefficient (Wildman–Crippen LogP) is 10.6. The molecule has 0 bridgehead atoms. The molecule has 0 unspecified atom stereocenters. The average Bonchev–Trinajstić information content (AvgIpc) is 3.67. The molecule has 226 valence electrons. The topological polar surface area (TPSA) is 45.7 Å². The van der Waals surface area contributed by atoms with Crippen molar-refractivity contribution in [2.45, 2.75) is 46.5 Å². The van der Waals surface area contributed by atoms with Gasteiger partial charge in [0.25, 0.3) is 5.82 Å². The Morgan fingerprint density at radius 2 is 1.35 bits per heavy atom. The summed E-state index contributed by atoms with van der Waals surface area (Å²) in [6.07, 6.45) is 1.76. The lowest BCUT2D eigenvalue weighted by atomic mass is 9.87. The van der Waals surface area contributed by atoms with Crippen molar-refractivity contribution in [2.75, 3.05) is 0 Å². The van der Waals surface area contributed by atoms with E-state index in [1.54, 1.807) is 6.26 Å². The number of nitrogens with zero attached hydrogens (tertiary/aromatic N) is 3. The van der Waals surface area contributed by atoms with E-state index in [1.165, 1.54) is 44.6 Å². The van der Waals surface area contributed by atoms with Gasteiger partial charge in [0.05, 0.1) is 30.5 Å². The highest BCUT2D eigenvalue weighted by Crippen LogP contribution is 2.41. The molecule has 0 amide bonds. The van der Waals surface area contributed by atoms with Gasteiger partial charge in [-0.15, -0.1) is 0 Å². The molecule has 46 heavy (non-hydrogen) atoms. The predicted molar refractivity (Wildman–Crippen MR) is 188 cm³/mol. The molecule has 0 saturated carbocycles. The second-order valence-electron chi connectivity index (χ2n) is 12.9. The van der Waals surface area contributed by atoms with Gasteiger partial charge in [-0.3, -0.25) is 0 Å². The second kappa shape index (κ2) is 11.5. The van der Waals surface area contributed by atoms with E-state index >= 15 is 0 Å². The zero-order valence-electron chi connectivity index (χ0n) is 27.3. The van der Waals surface area contributed by atoms with Crippen LogP contribution < -0.4 is 4.57 Å². The maximum Gasteiger partial charge on any atom is 0.295 e. The van der Waals surface area contributed by atoms with Crippen LogP contribution in [-0.2, 0) is 7.05 Å². The third kappa shape index (κ3) is 4.80. The van der Waals surface area contributed by atoms with Crippen LogP contribution in [0, 0.1) is 18.3 Å².